The maximum atomic E-state index is 12.2. The van der Waals surface area contributed by atoms with Gasteiger partial charge in [0.2, 0.25) is 0 Å². The molecule has 0 unspecified atom stereocenters. The van der Waals surface area contributed by atoms with E-state index in [4.69, 9.17) is 20.9 Å². The smallest absolute Gasteiger partial charge is 0.408 e. The normalized spacial score (nSPS) is 13.5. The van der Waals surface area contributed by atoms with Gasteiger partial charge in [-0.05, 0) is 5.56 Å². The third kappa shape index (κ3) is 11.5. The third-order valence-electron chi connectivity index (χ3n) is 3.19. The second-order valence-electron chi connectivity index (χ2n) is 5.78. The van der Waals surface area contributed by atoms with Crippen molar-refractivity contribution in [1.29, 1.82) is 0 Å². The Bertz CT molecular complexity index is 983. The number of carbonyl (C=O) groups is 3. The molecule has 0 radical (unpaired) electrons. The number of halogens is 1. The van der Waals surface area contributed by atoms with Gasteiger partial charge in [0.25, 0.3) is 16.0 Å². The van der Waals surface area contributed by atoms with Gasteiger partial charge in [-0.15, -0.1) is 11.6 Å². The number of rotatable bonds is 11. The number of ether oxygens (including phenoxy) is 2. The molecule has 0 aliphatic carbocycles. The van der Waals surface area contributed by atoms with Crippen molar-refractivity contribution in [2.45, 2.75) is 18.8 Å². The van der Waals surface area contributed by atoms with Crippen molar-refractivity contribution >= 4 is 50.0 Å². The highest BCUT2D eigenvalue weighted by Gasteiger charge is 2.36. The summed E-state index contributed by atoms with van der Waals surface area (Å²) in [7, 11) is -9.40. The van der Waals surface area contributed by atoms with Crippen LogP contribution in [0.1, 0.15) is 5.56 Å². The second-order valence-corrected chi connectivity index (χ2v) is 8.80. The molecule has 16 heteroatoms. The van der Waals surface area contributed by atoms with Crippen molar-refractivity contribution in [2.24, 2.45) is 0 Å². The first-order valence-corrected chi connectivity index (χ1v) is 12.0. The molecule has 0 aliphatic heterocycles. The zero-order valence-corrected chi connectivity index (χ0v) is 18.3. The molecule has 0 fully saturated rings. The molecule has 1 aromatic rings. The molecule has 2 amide bonds. The van der Waals surface area contributed by atoms with Crippen LogP contribution in [-0.2, 0) is 50.3 Å². The van der Waals surface area contributed by atoms with Crippen LogP contribution >= 0.6 is 11.6 Å². The van der Waals surface area contributed by atoms with E-state index < -0.39 is 63.0 Å². The van der Waals surface area contributed by atoms with E-state index in [1.165, 1.54) is 0 Å². The Morgan fingerprint density at radius 2 is 1.71 bits per heavy atom. The van der Waals surface area contributed by atoms with Crippen LogP contribution in [0.3, 0.4) is 0 Å². The van der Waals surface area contributed by atoms with E-state index in [0.717, 1.165) is 4.72 Å². The highest BCUT2D eigenvalue weighted by Crippen LogP contribution is 2.08. The largest absolute Gasteiger partial charge is 0.462 e. The van der Waals surface area contributed by atoms with Crippen LogP contribution in [-0.4, -0.2) is 70.2 Å². The Hall–Kier alpha value is -2.46. The number of alkyl carbamates (subject to hydrolysis) is 1. The SMILES string of the molecule is CS(=O)(=O)O[C@@H](COC(=O)CCl)[C@H](NC(=O)OCc1ccccc1)C(=O)NS(=O)(=O)O. The van der Waals surface area contributed by atoms with Crippen molar-refractivity contribution < 1.29 is 49.4 Å². The zero-order chi connectivity index (χ0) is 23.7. The van der Waals surface area contributed by atoms with Crippen LogP contribution < -0.4 is 10.0 Å². The molecule has 0 heterocycles. The van der Waals surface area contributed by atoms with Crippen LogP contribution in [0.25, 0.3) is 0 Å². The highest BCUT2D eigenvalue weighted by molar-refractivity contribution is 7.86. The summed E-state index contributed by atoms with van der Waals surface area (Å²) in [5, 5.41) is 1.91. The minimum Gasteiger partial charge on any atom is -0.462 e. The Labute approximate surface area is 183 Å². The van der Waals surface area contributed by atoms with E-state index in [1.54, 1.807) is 30.3 Å². The Morgan fingerprint density at radius 3 is 2.23 bits per heavy atom. The van der Waals surface area contributed by atoms with Crippen LogP contribution in [0.2, 0.25) is 0 Å². The van der Waals surface area contributed by atoms with Gasteiger partial charge < -0.3 is 14.8 Å². The van der Waals surface area contributed by atoms with E-state index in [0.29, 0.717) is 11.8 Å². The predicted octanol–water partition coefficient (Wildman–Crippen LogP) is -0.673. The lowest BCUT2D eigenvalue weighted by molar-refractivity contribution is -0.144. The molecule has 0 aliphatic rings. The lowest BCUT2D eigenvalue weighted by Gasteiger charge is -2.25. The first kappa shape index (κ1) is 26.6. The molecule has 1 aromatic carbocycles. The van der Waals surface area contributed by atoms with Gasteiger partial charge in [0.1, 0.15) is 31.2 Å². The Kier molecular flexibility index (Phi) is 10.1. The number of benzene rings is 1. The van der Waals surface area contributed by atoms with Crippen molar-refractivity contribution in [2.75, 3.05) is 18.7 Å². The number of hydrogen-bond donors (Lipinski definition) is 3. The summed E-state index contributed by atoms with van der Waals surface area (Å²) in [6.07, 6.45) is -2.62. The van der Waals surface area contributed by atoms with Gasteiger partial charge in [-0.25, -0.2) is 9.52 Å². The monoisotopic (exact) mass is 502 g/mol. The molecule has 0 spiro atoms. The number of alkyl halides is 1. The maximum absolute atomic E-state index is 12.2. The molecule has 0 aromatic heterocycles. The number of nitrogens with one attached hydrogen (secondary N) is 2. The van der Waals surface area contributed by atoms with E-state index in [2.05, 4.69) is 8.92 Å². The molecular formula is C15H19ClN2O11S2. The number of amides is 2. The summed E-state index contributed by atoms with van der Waals surface area (Å²) in [6.45, 7) is -1.18. The fraction of sp³-hybridized carbons (Fsp3) is 0.400. The molecular weight excluding hydrogens is 484 g/mol. The molecule has 3 N–H and O–H groups in total. The average Bonchev–Trinajstić information content (AvgIpc) is 2.66. The lowest BCUT2D eigenvalue weighted by Crippen LogP contribution is -2.56. The summed E-state index contributed by atoms with van der Waals surface area (Å²) < 4.78 is 69.2. The fourth-order valence-corrected chi connectivity index (χ4v) is 3.10. The maximum Gasteiger partial charge on any atom is 0.408 e. The number of esters is 1. The summed E-state index contributed by atoms with van der Waals surface area (Å²) >= 11 is 5.27. The molecule has 1 rings (SSSR count). The van der Waals surface area contributed by atoms with Crippen molar-refractivity contribution in [3.63, 3.8) is 0 Å². The van der Waals surface area contributed by atoms with Crippen molar-refractivity contribution in [3.05, 3.63) is 35.9 Å². The molecule has 0 saturated heterocycles. The predicted molar refractivity (Wildman–Crippen MR) is 105 cm³/mol. The molecule has 0 bridgehead atoms. The topological polar surface area (TPSA) is 191 Å². The summed E-state index contributed by atoms with van der Waals surface area (Å²) in [5.41, 5.74) is 0.566. The van der Waals surface area contributed by atoms with Crippen LogP contribution in [0.4, 0.5) is 4.79 Å². The van der Waals surface area contributed by atoms with Gasteiger partial charge >= 0.3 is 22.4 Å². The highest BCUT2D eigenvalue weighted by atomic mass is 35.5. The zero-order valence-electron chi connectivity index (χ0n) is 15.9. The first-order valence-electron chi connectivity index (χ1n) is 8.17. The minimum atomic E-state index is -5.10. The lowest BCUT2D eigenvalue weighted by atomic mass is 10.1. The van der Waals surface area contributed by atoms with Crippen LogP contribution in [0.5, 0.6) is 0 Å². The quantitative estimate of drug-likeness (QED) is 0.150. The van der Waals surface area contributed by atoms with Gasteiger partial charge in [0.15, 0.2) is 0 Å². The van der Waals surface area contributed by atoms with E-state index in [9.17, 15) is 31.2 Å². The van der Waals surface area contributed by atoms with Gasteiger partial charge in [0.05, 0.1) is 6.26 Å². The van der Waals surface area contributed by atoms with Crippen molar-refractivity contribution in [3.8, 4) is 0 Å². The summed E-state index contributed by atoms with van der Waals surface area (Å²) in [5.74, 6) is -3.25. The van der Waals surface area contributed by atoms with Gasteiger partial charge in [-0.2, -0.15) is 16.8 Å². The molecule has 0 saturated carbocycles. The van der Waals surface area contributed by atoms with E-state index >= 15 is 0 Å². The molecule has 2 atom stereocenters. The number of hydrogen-bond acceptors (Lipinski definition) is 10. The molecule has 31 heavy (non-hydrogen) atoms. The van der Waals surface area contributed by atoms with Crippen LogP contribution in [0.15, 0.2) is 30.3 Å². The average molecular weight is 503 g/mol. The number of carbonyl (C=O) groups excluding carboxylic acids is 3. The summed E-state index contributed by atoms with van der Waals surface area (Å²) in [4.78, 5) is 35.6. The molecule has 13 nitrogen and oxygen atoms in total. The summed E-state index contributed by atoms with van der Waals surface area (Å²) in [6, 6.07) is 6.20. The molecule has 174 valence electrons. The second kappa shape index (κ2) is 11.8. The van der Waals surface area contributed by atoms with Crippen molar-refractivity contribution in [1.82, 2.24) is 10.0 Å². The fourth-order valence-electron chi connectivity index (χ4n) is 2.03. The van der Waals surface area contributed by atoms with Gasteiger partial charge in [0, 0.05) is 0 Å². The minimum absolute atomic E-state index is 0.252. The first-order chi connectivity index (χ1) is 14.3. The van der Waals surface area contributed by atoms with E-state index in [-0.39, 0.29) is 6.61 Å². The Balaban J connectivity index is 3.07. The Morgan fingerprint density at radius 1 is 1.10 bits per heavy atom. The standard InChI is InChI=1S/C15H19ClN2O11S2/c1-30(22,23)29-11(9-27-12(19)7-16)13(14(20)18-31(24,25)26)17-15(21)28-8-10-5-3-2-4-6-10/h2-6,11,13H,7-9H2,1H3,(H,17,21)(H,18,20)(H,24,25,26)/t11-,13-/m0/s1. The third-order valence-corrected chi connectivity index (χ3v) is 4.46. The van der Waals surface area contributed by atoms with E-state index in [1.807, 2.05) is 5.32 Å². The van der Waals surface area contributed by atoms with Gasteiger partial charge in [-0.3, -0.25) is 18.3 Å². The van der Waals surface area contributed by atoms with Crippen LogP contribution in [0, 0.1) is 0 Å². The van der Waals surface area contributed by atoms with Gasteiger partial charge in [-0.1, -0.05) is 30.3 Å².